The van der Waals surface area contributed by atoms with Crippen molar-refractivity contribution in [2.24, 2.45) is 7.05 Å². The molecule has 1 atom stereocenters. The van der Waals surface area contributed by atoms with Gasteiger partial charge < -0.3 is 13.9 Å². The van der Waals surface area contributed by atoms with E-state index in [-0.39, 0.29) is 11.2 Å². The summed E-state index contributed by atoms with van der Waals surface area (Å²) in [6, 6.07) is 1.89. The lowest BCUT2D eigenvalue weighted by Gasteiger charge is -2.23. The predicted octanol–water partition coefficient (Wildman–Crippen LogP) is 3.27. The summed E-state index contributed by atoms with van der Waals surface area (Å²) in [7, 11) is 1.92. The quantitative estimate of drug-likeness (QED) is 0.794. The molecule has 2 aromatic heterocycles. The third-order valence-electron chi connectivity index (χ3n) is 4.48. The zero-order chi connectivity index (χ0) is 17.1. The summed E-state index contributed by atoms with van der Waals surface area (Å²) in [5.74, 6) is 1.78. The van der Waals surface area contributed by atoms with Gasteiger partial charge >= 0.3 is 0 Å². The predicted molar refractivity (Wildman–Crippen MR) is 93.8 cm³/mol. The first-order valence-corrected chi connectivity index (χ1v) is 9.35. The SMILES string of the molecule is Cc1occc1-c1nnc(S[C@H](C)C(=O)N2CCCCCC2)n1C. The molecular weight excluding hydrogens is 324 g/mol. The normalized spacial score (nSPS) is 16.9. The van der Waals surface area contributed by atoms with Crippen LogP contribution in [0.2, 0.25) is 0 Å². The van der Waals surface area contributed by atoms with E-state index in [1.54, 1.807) is 6.26 Å². The van der Waals surface area contributed by atoms with E-state index >= 15 is 0 Å². The summed E-state index contributed by atoms with van der Waals surface area (Å²) in [5, 5.41) is 9.12. The summed E-state index contributed by atoms with van der Waals surface area (Å²) in [4.78, 5) is 14.7. The number of hydrogen-bond donors (Lipinski definition) is 0. The summed E-state index contributed by atoms with van der Waals surface area (Å²) in [6.07, 6.45) is 6.32. The molecule has 0 N–H and O–H groups in total. The Labute approximate surface area is 146 Å². The molecule has 0 aliphatic carbocycles. The fourth-order valence-corrected chi connectivity index (χ4v) is 3.92. The van der Waals surface area contributed by atoms with Gasteiger partial charge in [-0.1, -0.05) is 24.6 Å². The number of furan rings is 1. The first kappa shape index (κ1) is 17.1. The highest BCUT2D eigenvalue weighted by atomic mass is 32.2. The molecule has 0 saturated carbocycles. The van der Waals surface area contributed by atoms with Crippen LogP contribution in [0.4, 0.5) is 0 Å². The molecule has 1 fully saturated rings. The average Bonchev–Trinajstić information content (AvgIpc) is 3.02. The number of thioether (sulfide) groups is 1. The lowest BCUT2D eigenvalue weighted by Crippen LogP contribution is -2.37. The van der Waals surface area contributed by atoms with Crippen molar-refractivity contribution >= 4 is 17.7 Å². The summed E-state index contributed by atoms with van der Waals surface area (Å²) < 4.78 is 7.27. The number of nitrogens with zero attached hydrogens (tertiary/aromatic N) is 4. The van der Waals surface area contributed by atoms with Crippen LogP contribution in [0.3, 0.4) is 0 Å². The zero-order valence-corrected chi connectivity index (χ0v) is 15.3. The molecule has 7 heteroatoms. The van der Waals surface area contributed by atoms with E-state index in [1.165, 1.54) is 24.6 Å². The molecule has 0 radical (unpaired) electrons. The van der Waals surface area contributed by atoms with Crippen LogP contribution in [0.25, 0.3) is 11.4 Å². The maximum absolute atomic E-state index is 12.7. The molecule has 0 bridgehead atoms. The van der Waals surface area contributed by atoms with E-state index in [0.717, 1.165) is 48.2 Å². The van der Waals surface area contributed by atoms with Crippen LogP contribution >= 0.6 is 11.8 Å². The lowest BCUT2D eigenvalue weighted by atomic mass is 10.2. The first-order chi connectivity index (χ1) is 11.6. The average molecular weight is 348 g/mol. The van der Waals surface area contributed by atoms with Crippen molar-refractivity contribution in [3.05, 3.63) is 18.1 Å². The monoisotopic (exact) mass is 348 g/mol. The third kappa shape index (κ3) is 3.50. The van der Waals surface area contributed by atoms with Crippen LogP contribution in [0.5, 0.6) is 0 Å². The molecular formula is C17H24N4O2S. The number of carbonyl (C=O) groups excluding carboxylic acids is 1. The van der Waals surface area contributed by atoms with Gasteiger partial charge in [-0.15, -0.1) is 10.2 Å². The first-order valence-electron chi connectivity index (χ1n) is 8.47. The fraction of sp³-hybridized carbons (Fsp3) is 0.588. The van der Waals surface area contributed by atoms with Gasteiger partial charge in [0, 0.05) is 20.1 Å². The standard InChI is InChI=1S/C17H24N4O2S/c1-12-14(8-11-23-12)15-18-19-17(20(15)3)24-13(2)16(22)21-9-6-4-5-7-10-21/h8,11,13H,4-7,9-10H2,1-3H3/t13-/m1/s1. The van der Waals surface area contributed by atoms with E-state index in [1.807, 2.05) is 36.4 Å². The molecule has 130 valence electrons. The second-order valence-electron chi connectivity index (χ2n) is 6.26. The Balaban J connectivity index is 1.70. The summed E-state index contributed by atoms with van der Waals surface area (Å²) in [6.45, 7) is 5.61. The van der Waals surface area contributed by atoms with Crippen molar-refractivity contribution in [3.8, 4) is 11.4 Å². The van der Waals surface area contributed by atoms with Crippen LogP contribution in [0, 0.1) is 6.92 Å². The minimum atomic E-state index is -0.163. The molecule has 1 aliphatic rings. The molecule has 0 unspecified atom stereocenters. The minimum absolute atomic E-state index is 0.163. The van der Waals surface area contributed by atoms with Gasteiger partial charge in [0.15, 0.2) is 11.0 Å². The van der Waals surface area contributed by atoms with Crippen molar-refractivity contribution in [3.63, 3.8) is 0 Å². The molecule has 3 heterocycles. The molecule has 2 aromatic rings. The Kier molecular flexibility index (Phi) is 5.28. The van der Waals surface area contributed by atoms with Gasteiger partial charge in [0.2, 0.25) is 5.91 Å². The molecule has 0 aromatic carbocycles. The van der Waals surface area contributed by atoms with E-state index in [0.29, 0.717) is 0 Å². The number of hydrogen-bond acceptors (Lipinski definition) is 5. The number of amides is 1. The number of rotatable bonds is 4. The van der Waals surface area contributed by atoms with Crippen molar-refractivity contribution in [2.75, 3.05) is 13.1 Å². The van der Waals surface area contributed by atoms with Crippen molar-refractivity contribution in [2.45, 2.75) is 49.9 Å². The Morgan fingerprint density at radius 1 is 1.25 bits per heavy atom. The van der Waals surface area contributed by atoms with Gasteiger partial charge in [0.25, 0.3) is 0 Å². The van der Waals surface area contributed by atoms with Crippen LogP contribution in [0.1, 0.15) is 38.4 Å². The lowest BCUT2D eigenvalue weighted by molar-refractivity contribution is -0.130. The van der Waals surface area contributed by atoms with Crippen LogP contribution in [0.15, 0.2) is 21.9 Å². The highest BCUT2D eigenvalue weighted by Gasteiger charge is 2.25. The van der Waals surface area contributed by atoms with Gasteiger partial charge in [-0.3, -0.25) is 4.79 Å². The number of aryl methyl sites for hydroxylation is 1. The molecule has 0 spiro atoms. The highest BCUT2D eigenvalue weighted by molar-refractivity contribution is 8.00. The zero-order valence-electron chi connectivity index (χ0n) is 14.5. The van der Waals surface area contributed by atoms with Gasteiger partial charge in [0.05, 0.1) is 17.1 Å². The topological polar surface area (TPSA) is 64.2 Å². The molecule has 1 amide bonds. The van der Waals surface area contributed by atoms with E-state index in [2.05, 4.69) is 10.2 Å². The van der Waals surface area contributed by atoms with Crippen LogP contribution < -0.4 is 0 Å². The Hall–Kier alpha value is -1.76. The van der Waals surface area contributed by atoms with E-state index < -0.39 is 0 Å². The van der Waals surface area contributed by atoms with E-state index in [4.69, 9.17) is 4.42 Å². The van der Waals surface area contributed by atoms with E-state index in [9.17, 15) is 4.79 Å². The Morgan fingerprint density at radius 2 is 1.96 bits per heavy atom. The van der Waals surface area contributed by atoms with Gasteiger partial charge in [-0.05, 0) is 32.8 Å². The molecule has 1 saturated heterocycles. The highest BCUT2D eigenvalue weighted by Crippen LogP contribution is 2.28. The Bertz CT molecular complexity index is 701. The fourth-order valence-electron chi connectivity index (χ4n) is 3.03. The molecule has 6 nitrogen and oxygen atoms in total. The largest absolute Gasteiger partial charge is 0.469 e. The second kappa shape index (κ2) is 7.42. The second-order valence-corrected chi connectivity index (χ2v) is 7.56. The molecule has 1 aliphatic heterocycles. The number of likely N-dealkylation sites (tertiary alicyclic amines) is 1. The van der Waals surface area contributed by atoms with Crippen molar-refractivity contribution in [1.29, 1.82) is 0 Å². The molecule has 24 heavy (non-hydrogen) atoms. The summed E-state index contributed by atoms with van der Waals surface area (Å²) >= 11 is 1.47. The smallest absolute Gasteiger partial charge is 0.235 e. The Morgan fingerprint density at radius 3 is 2.58 bits per heavy atom. The third-order valence-corrected chi connectivity index (χ3v) is 5.60. The summed E-state index contributed by atoms with van der Waals surface area (Å²) in [5.41, 5.74) is 0.934. The van der Waals surface area contributed by atoms with Gasteiger partial charge in [-0.25, -0.2) is 0 Å². The molecule has 3 rings (SSSR count). The number of aromatic nitrogens is 3. The van der Waals surface area contributed by atoms with Crippen molar-refractivity contribution < 1.29 is 9.21 Å². The number of carbonyl (C=O) groups is 1. The van der Waals surface area contributed by atoms with Crippen LogP contribution in [-0.2, 0) is 11.8 Å². The van der Waals surface area contributed by atoms with Gasteiger partial charge in [-0.2, -0.15) is 0 Å². The minimum Gasteiger partial charge on any atom is -0.469 e. The maximum atomic E-state index is 12.7. The van der Waals surface area contributed by atoms with Gasteiger partial charge in [0.1, 0.15) is 5.76 Å². The van der Waals surface area contributed by atoms with Crippen molar-refractivity contribution in [1.82, 2.24) is 19.7 Å². The maximum Gasteiger partial charge on any atom is 0.235 e. The van der Waals surface area contributed by atoms with Crippen LogP contribution in [-0.4, -0.2) is 43.9 Å².